The molecule has 138 valence electrons. The molecule has 6 heteroatoms. The molecule has 0 aromatic rings. The molecule has 0 N–H and O–H groups in total. The smallest absolute Gasteiger partial charge is 0.316 e. The summed E-state index contributed by atoms with van der Waals surface area (Å²) in [6, 6.07) is 0.147. The van der Waals surface area contributed by atoms with Crippen molar-refractivity contribution in [2.75, 3.05) is 19.8 Å². The Labute approximate surface area is 146 Å². The minimum atomic E-state index is -3.20. The summed E-state index contributed by atoms with van der Waals surface area (Å²) in [5, 5.41) is 0. The van der Waals surface area contributed by atoms with Crippen molar-refractivity contribution in [2.24, 2.45) is 22.2 Å². The summed E-state index contributed by atoms with van der Waals surface area (Å²) in [7, 11) is -1.86. The molecule has 24 heavy (non-hydrogen) atoms. The van der Waals surface area contributed by atoms with E-state index in [1.54, 1.807) is 0 Å². The Morgan fingerprint density at radius 1 is 1.33 bits per heavy atom. The van der Waals surface area contributed by atoms with Crippen molar-refractivity contribution >= 4 is 13.5 Å². The Bertz CT molecular complexity index is 596. The molecule has 5 atom stereocenters. The third-order valence-corrected chi connectivity index (χ3v) is 9.34. The van der Waals surface area contributed by atoms with Crippen molar-refractivity contribution in [1.82, 2.24) is 4.67 Å². The van der Waals surface area contributed by atoms with E-state index >= 15 is 0 Å². The van der Waals surface area contributed by atoms with Gasteiger partial charge < -0.3 is 9.26 Å². The Morgan fingerprint density at radius 2 is 1.96 bits per heavy atom. The predicted molar refractivity (Wildman–Crippen MR) is 93.9 cm³/mol. The predicted octanol–water partition coefficient (Wildman–Crippen LogP) is 3.92. The van der Waals surface area contributed by atoms with E-state index in [2.05, 4.69) is 46.2 Å². The van der Waals surface area contributed by atoms with E-state index in [1.807, 2.05) is 0 Å². The van der Waals surface area contributed by atoms with Crippen LogP contribution in [0.4, 0.5) is 0 Å². The van der Waals surface area contributed by atoms with Crippen molar-refractivity contribution in [1.29, 1.82) is 0 Å². The van der Waals surface area contributed by atoms with Crippen LogP contribution in [0.1, 0.15) is 54.4 Å². The van der Waals surface area contributed by atoms with E-state index in [4.69, 9.17) is 9.26 Å². The molecule has 1 aliphatic heterocycles. The second-order valence-corrected chi connectivity index (χ2v) is 12.1. The Hall–Kier alpha value is -0.380. The Balaban J connectivity index is 2.00. The Kier molecular flexibility index (Phi) is 4.07. The fourth-order valence-electron chi connectivity index (χ4n) is 5.30. The fourth-order valence-corrected chi connectivity index (χ4v) is 8.17. The zero-order chi connectivity index (χ0) is 18.1. The van der Waals surface area contributed by atoms with Crippen LogP contribution in [0.25, 0.3) is 0 Å². The molecule has 1 saturated heterocycles. The Morgan fingerprint density at radius 3 is 2.50 bits per heavy atom. The average Bonchev–Trinajstić information content (AvgIpc) is 2.89. The standard InChI is InChI=1S/C18H32NO4P/c1-16(2,3)11-19-14-12-8-9-18(6,17(12,4)5)15(14)23-24(19,21)10-13(20)22-7/h12,14-15H,8-11H2,1-7H3/t12-,14-,15-,18+,24+/m1/s1. The van der Waals surface area contributed by atoms with Crippen LogP contribution < -0.4 is 0 Å². The maximum atomic E-state index is 13.7. The molecule has 0 aromatic heterocycles. The van der Waals surface area contributed by atoms with E-state index < -0.39 is 13.5 Å². The number of carbonyl (C=O) groups excluding carboxylic acids is 1. The van der Waals surface area contributed by atoms with Gasteiger partial charge in [-0.3, -0.25) is 9.36 Å². The van der Waals surface area contributed by atoms with Crippen LogP contribution >= 0.6 is 7.52 Å². The number of hydrogen-bond acceptors (Lipinski definition) is 4. The molecule has 2 bridgehead atoms. The summed E-state index contributed by atoms with van der Waals surface area (Å²) in [5.74, 6) is 0.0114. The molecule has 3 fully saturated rings. The van der Waals surface area contributed by atoms with Crippen molar-refractivity contribution < 1.29 is 18.6 Å². The molecular weight excluding hydrogens is 325 g/mol. The molecule has 1 heterocycles. The highest BCUT2D eigenvalue weighted by Gasteiger charge is 2.73. The maximum Gasteiger partial charge on any atom is 0.316 e. The van der Waals surface area contributed by atoms with Crippen LogP contribution in [0.15, 0.2) is 0 Å². The molecule has 2 saturated carbocycles. The monoisotopic (exact) mass is 357 g/mol. The average molecular weight is 357 g/mol. The number of rotatable bonds is 3. The van der Waals surface area contributed by atoms with Gasteiger partial charge in [-0.25, -0.2) is 4.67 Å². The van der Waals surface area contributed by atoms with Crippen molar-refractivity contribution in [3.63, 3.8) is 0 Å². The highest BCUT2D eigenvalue weighted by Crippen LogP contribution is 2.76. The highest BCUT2D eigenvalue weighted by atomic mass is 31.2. The zero-order valence-corrected chi connectivity index (χ0v) is 17.0. The van der Waals surface area contributed by atoms with Gasteiger partial charge >= 0.3 is 5.97 Å². The summed E-state index contributed by atoms with van der Waals surface area (Å²) in [6.45, 7) is 14.0. The van der Waals surface area contributed by atoms with Crippen LogP contribution in [0, 0.1) is 22.2 Å². The molecule has 2 aliphatic carbocycles. The summed E-state index contributed by atoms with van der Waals surface area (Å²) in [6.07, 6.45) is 2.06. The van der Waals surface area contributed by atoms with Crippen LogP contribution in [0.5, 0.6) is 0 Å². The lowest BCUT2D eigenvalue weighted by molar-refractivity contribution is -0.137. The number of esters is 1. The van der Waals surface area contributed by atoms with Crippen molar-refractivity contribution in [3.05, 3.63) is 0 Å². The van der Waals surface area contributed by atoms with E-state index in [0.29, 0.717) is 12.5 Å². The number of carbonyl (C=O) groups is 1. The maximum absolute atomic E-state index is 13.7. The van der Waals surface area contributed by atoms with Gasteiger partial charge in [-0.05, 0) is 29.6 Å². The molecule has 3 aliphatic rings. The number of nitrogens with zero attached hydrogens (tertiary/aromatic N) is 1. The normalized spacial score (nSPS) is 43.9. The van der Waals surface area contributed by atoms with Crippen LogP contribution in [-0.2, 0) is 18.6 Å². The van der Waals surface area contributed by atoms with Crippen molar-refractivity contribution in [2.45, 2.75) is 66.5 Å². The first-order valence-electron chi connectivity index (χ1n) is 8.97. The largest absolute Gasteiger partial charge is 0.469 e. The lowest BCUT2D eigenvalue weighted by Crippen LogP contribution is -2.44. The van der Waals surface area contributed by atoms with Crippen LogP contribution in [0.2, 0.25) is 0 Å². The summed E-state index contributed by atoms with van der Waals surface area (Å²) < 4.78 is 26.8. The lowest BCUT2D eigenvalue weighted by Gasteiger charge is -2.38. The number of fused-ring (bicyclic) bond motifs is 5. The lowest BCUT2D eigenvalue weighted by atomic mass is 9.70. The molecule has 0 amide bonds. The van der Waals surface area contributed by atoms with Crippen LogP contribution in [-0.4, -0.2) is 42.6 Å². The van der Waals surface area contributed by atoms with E-state index in [1.165, 1.54) is 7.11 Å². The first-order valence-corrected chi connectivity index (χ1v) is 10.7. The van der Waals surface area contributed by atoms with E-state index in [0.717, 1.165) is 12.8 Å². The second kappa shape index (κ2) is 5.31. The number of methoxy groups -OCH3 is 1. The van der Waals surface area contributed by atoms with Crippen molar-refractivity contribution in [3.8, 4) is 0 Å². The SMILES string of the molecule is COC(=O)C[P@]1(=O)O[C@@H]2[C@@H]([C@H]3CC[C@]2(C)C3(C)C)N1CC(C)(C)C. The third-order valence-electron chi connectivity index (χ3n) is 6.93. The van der Waals surface area contributed by atoms with Gasteiger partial charge in [-0.2, -0.15) is 0 Å². The fraction of sp³-hybridized carbons (Fsp3) is 0.944. The quantitative estimate of drug-likeness (QED) is 0.566. The molecule has 0 unspecified atom stereocenters. The minimum absolute atomic E-state index is 0.0146. The third kappa shape index (κ3) is 2.42. The first-order chi connectivity index (χ1) is 10.9. The van der Waals surface area contributed by atoms with Gasteiger partial charge in [-0.15, -0.1) is 0 Å². The molecule has 3 rings (SSSR count). The van der Waals surface area contributed by atoms with Gasteiger partial charge in [0.1, 0.15) is 6.16 Å². The number of hydrogen-bond donors (Lipinski definition) is 0. The van der Waals surface area contributed by atoms with Gasteiger partial charge in [0.15, 0.2) is 0 Å². The highest BCUT2D eigenvalue weighted by molar-refractivity contribution is 7.57. The van der Waals surface area contributed by atoms with Gasteiger partial charge in [0, 0.05) is 18.0 Å². The molecule has 0 aromatic carbocycles. The van der Waals surface area contributed by atoms with Gasteiger partial charge in [0.2, 0.25) is 0 Å². The zero-order valence-electron chi connectivity index (χ0n) is 16.1. The second-order valence-electron chi connectivity index (χ2n) is 9.83. The minimum Gasteiger partial charge on any atom is -0.469 e. The molecular formula is C18H32NO4P. The topological polar surface area (TPSA) is 55.8 Å². The van der Waals surface area contributed by atoms with Crippen LogP contribution in [0.3, 0.4) is 0 Å². The first kappa shape index (κ1) is 18.4. The van der Waals surface area contributed by atoms with Gasteiger partial charge in [0.25, 0.3) is 7.52 Å². The molecule has 0 radical (unpaired) electrons. The summed E-state index contributed by atoms with van der Waals surface area (Å²) in [5.41, 5.74) is 0.159. The van der Waals surface area contributed by atoms with Gasteiger partial charge in [0.05, 0.1) is 13.2 Å². The van der Waals surface area contributed by atoms with E-state index in [-0.39, 0.29) is 34.6 Å². The van der Waals surface area contributed by atoms with Gasteiger partial charge in [-0.1, -0.05) is 41.5 Å². The van der Waals surface area contributed by atoms with E-state index in [9.17, 15) is 9.36 Å². The number of ether oxygens (including phenoxy) is 1. The summed E-state index contributed by atoms with van der Waals surface area (Å²) in [4.78, 5) is 11.9. The summed E-state index contributed by atoms with van der Waals surface area (Å²) >= 11 is 0. The molecule has 0 spiro atoms. The molecule has 5 nitrogen and oxygen atoms in total.